The molecule has 0 unspecified atom stereocenters. The number of aryl methyl sites for hydroxylation is 1. The number of rotatable bonds is 3. The molecule has 0 atom stereocenters. The van der Waals surface area contributed by atoms with Crippen LogP contribution in [-0.2, 0) is 13.0 Å². The fourth-order valence-electron chi connectivity index (χ4n) is 1.78. The van der Waals surface area contributed by atoms with Crippen LogP contribution in [0.5, 0.6) is 0 Å². The minimum atomic E-state index is 0.552. The van der Waals surface area contributed by atoms with Gasteiger partial charge < -0.3 is 5.73 Å². The molecule has 5 nitrogen and oxygen atoms in total. The first-order valence-corrected chi connectivity index (χ1v) is 5.39. The van der Waals surface area contributed by atoms with Gasteiger partial charge in [-0.1, -0.05) is 6.92 Å². The molecule has 0 fully saturated rings. The van der Waals surface area contributed by atoms with Gasteiger partial charge in [0.1, 0.15) is 12.1 Å². The van der Waals surface area contributed by atoms with Gasteiger partial charge in [-0.15, -0.1) is 0 Å². The molecule has 2 N–H and O–H groups in total. The Labute approximate surface area is 94.3 Å². The molecule has 0 aromatic carbocycles. The van der Waals surface area contributed by atoms with E-state index in [1.165, 1.54) is 6.33 Å². The molecule has 0 aliphatic rings. The van der Waals surface area contributed by atoms with Crippen molar-refractivity contribution in [1.29, 1.82) is 0 Å². The van der Waals surface area contributed by atoms with E-state index in [2.05, 4.69) is 15.1 Å². The van der Waals surface area contributed by atoms with Gasteiger partial charge in [0.05, 0.1) is 11.4 Å². The Kier molecular flexibility index (Phi) is 2.85. The molecule has 16 heavy (non-hydrogen) atoms. The van der Waals surface area contributed by atoms with Crippen LogP contribution >= 0.6 is 0 Å². The van der Waals surface area contributed by atoms with Crippen molar-refractivity contribution in [2.45, 2.75) is 26.8 Å². The zero-order chi connectivity index (χ0) is 11.5. The van der Waals surface area contributed by atoms with Crippen LogP contribution in [0, 0.1) is 0 Å². The van der Waals surface area contributed by atoms with E-state index in [0.717, 1.165) is 29.9 Å². The first-order chi connectivity index (χ1) is 7.77. The smallest absolute Gasteiger partial charge is 0.130 e. The normalized spacial score (nSPS) is 10.6. The minimum absolute atomic E-state index is 0.552. The van der Waals surface area contributed by atoms with Crippen LogP contribution in [0.15, 0.2) is 18.6 Å². The lowest BCUT2D eigenvalue weighted by atomic mass is 10.1. The van der Waals surface area contributed by atoms with E-state index in [9.17, 15) is 0 Å². The van der Waals surface area contributed by atoms with Crippen molar-refractivity contribution in [1.82, 2.24) is 19.7 Å². The second kappa shape index (κ2) is 4.30. The van der Waals surface area contributed by atoms with Gasteiger partial charge in [0, 0.05) is 18.3 Å². The zero-order valence-electron chi connectivity index (χ0n) is 9.51. The molecule has 0 radical (unpaired) electrons. The van der Waals surface area contributed by atoms with Crippen molar-refractivity contribution in [3.8, 4) is 11.4 Å². The summed E-state index contributed by atoms with van der Waals surface area (Å²) in [6, 6.07) is 1.95. The Morgan fingerprint density at radius 2 is 2.12 bits per heavy atom. The molecule has 2 aromatic rings. The predicted octanol–water partition coefficient (Wildman–Crippen LogP) is 1.50. The van der Waals surface area contributed by atoms with Crippen LogP contribution in [0.25, 0.3) is 11.4 Å². The average molecular weight is 217 g/mol. The van der Waals surface area contributed by atoms with Gasteiger partial charge in [-0.25, -0.2) is 9.97 Å². The van der Waals surface area contributed by atoms with E-state index in [1.54, 1.807) is 6.20 Å². The highest BCUT2D eigenvalue weighted by Gasteiger charge is 2.12. The van der Waals surface area contributed by atoms with Gasteiger partial charge in [-0.2, -0.15) is 5.10 Å². The van der Waals surface area contributed by atoms with Crippen LogP contribution in [0.4, 0.5) is 5.82 Å². The lowest BCUT2D eigenvalue weighted by Crippen LogP contribution is -2.05. The lowest BCUT2D eigenvalue weighted by molar-refractivity contribution is 0.665. The molecule has 0 spiro atoms. The monoisotopic (exact) mass is 217 g/mol. The summed E-state index contributed by atoms with van der Waals surface area (Å²) in [6.45, 7) is 4.91. The zero-order valence-corrected chi connectivity index (χ0v) is 9.51. The van der Waals surface area contributed by atoms with Gasteiger partial charge in [0.2, 0.25) is 0 Å². The number of nitrogens with zero attached hydrogens (tertiary/aromatic N) is 4. The maximum atomic E-state index is 5.85. The largest absolute Gasteiger partial charge is 0.383 e. The Morgan fingerprint density at radius 1 is 1.31 bits per heavy atom. The van der Waals surface area contributed by atoms with E-state index in [-0.39, 0.29) is 0 Å². The van der Waals surface area contributed by atoms with Gasteiger partial charge >= 0.3 is 0 Å². The third-order valence-corrected chi connectivity index (χ3v) is 2.59. The average Bonchev–Trinajstić information content (AvgIpc) is 2.76. The van der Waals surface area contributed by atoms with Crippen LogP contribution < -0.4 is 5.73 Å². The van der Waals surface area contributed by atoms with Crippen LogP contribution in [-0.4, -0.2) is 19.7 Å². The Morgan fingerprint density at radius 3 is 2.81 bits per heavy atom. The number of nitrogens with two attached hydrogens (primary N) is 1. The molecule has 84 valence electrons. The molecule has 0 amide bonds. The van der Waals surface area contributed by atoms with Crippen molar-refractivity contribution in [2.24, 2.45) is 0 Å². The van der Waals surface area contributed by atoms with Gasteiger partial charge in [0.25, 0.3) is 0 Å². The third kappa shape index (κ3) is 1.64. The molecular weight excluding hydrogens is 202 g/mol. The number of hydrogen-bond donors (Lipinski definition) is 1. The maximum Gasteiger partial charge on any atom is 0.130 e. The van der Waals surface area contributed by atoms with Crippen molar-refractivity contribution in [2.75, 3.05) is 5.73 Å². The number of nitrogen functional groups attached to an aromatic ring is 1. The quantitative estimate of drug-likeness (QED) is 0.846. The second-order valence-corrected chi connectivity index (χ2v) is 3.47. The van der Waals surface area contributed by atoms with Gasteiger partial charge in [0.15, 0.2) is 0 Å². The van der Waals surface area contributed by atoms with Crippen molar-refractivity contribution < 1.29 is 0 Å². The van der Waals surface area contributed by atoms with Crippen LogP contribution in [0.1, 0.15) is 19.4 Å². The molecule has 2 aromatic heterocycles. The molecule has 2 heterocycles. The summed E-state index contributed by atoms with van der Waals surface area (Å²) in [5.41, 5.74) is 8.71. The SMILES string of the molecule is CCc1c(N)ncnc1-c1ccnn1CC. The first-order valence-electron chi connectivity index (χ1n) is 5.39. The maximum absolute atomic E-state index is 5.85. The van der Waals surface area contributed by atoms with Gasteiger partial charge in [-0.05, 0) is 19.4 Å². The summed E-state index contributed by atoms with van der Waals surface area (Å²) >= 11 is 0. The summed E-state index contributed by atoms with van der Waals surface area (Å²) in [5, 5.41) is 4.23. The Balaban J connectivity index is 2.60. The summed E-state index contributed by atoms with van der Waals surface area (Å²) in [6.07, 6.45) is 4.09. The second-order valence-electron chi connectivity index (χ2n) is 3.47. The molecule has 0 bridgehead atoms. The number of anilines is 1. The lowest BCUT2D eigenvalue weighted by Gasteiger charge is -2.09. The predicted molar refractivity (Wildman–Crippen MR) is 62.7 cm³/mol. The van der Waals surface area contributed by atoms with E-state index in [4.69, 9.17) is 5.73 Å². The standard InChI is InChI=1S/C11H15N5/c1-3-8-10(13-7-14-11(8)12)9-5-6-15-16(9)4-2/h5-7H,3-4H2,1-2H3,(H2,12,13,14). The summed E-state index contributed by atoms with van der Waals surface area (Å²) < 4.78 is 1.90. The Bertz CT molecular complexity index is 489. The fourth-order valence-corrected chi connectivity index (χ4v) is 1.78. The van der Waals surface area contributed by atoms with E-state index in [1.807, 2.05) is 24.6 Å². The molecule has 0 aliphatic heterocycles. The van der Waals surface area contributed by atoms with Crippen LogP contribution in [0.3, 0.4) is 0 Å². The van der Waals surface area contributed by atoms with Crippen molar-refractivity contribution in [3.63, 3.8) is 0 Å². The number of aromatic nitrogens is 4. The molecule has 0 saturated heterocycles. The summed E-state index contributed by atoms with van der Waals surface area (Å²) in [7, 11) is 0. The molecule has 5 heteroatoms. The van der Waals surface area contributed by atoms with Crippen molar-refractivity contribution in [3.05, 3.63) is 24.2 Å². The van der Waals surface area contributed by atoms with E-state index in [0.29, 0.717) is 5.82 Å². The Hall–Kier alpha value is -1.91. The highest BCUT2D eigenvalue weighted by molar-refractivity contribution is 5.64. The summed E-state index contributed by atoms with van der Waals surface area (Å²) in [5.74, 6) is 0.552. The highest BCUT2D eigenvalue weighted by Crippen LogP contribution is 2.24. The topological polar surface area (TPSA) is 69.6 Å². The number of hydrogen-bond acceptors (Lipinski definition) is 4. The van der Waals surface area contributed by atoms with Gasteiger partial charge in [-0.3, -0.25) is 4.68 Å². The third-order valence-electron chi connectivity index (χ3n) is 2.59. The van der Waals surface area contributed by atoms with Crippen LogP contribution in [0.2, 0.25) is 0 Å². The molecule has 0 aliphatic carbocycles. The molecule has 2 rings (SSSR count). The minimum Gasteiger partial charge on any atom is -0.383 e. The van der Waals surface area contributed by atoms with E-state index >= 15 is 0 Å². The van der Waals surface area contributed by atoms with E-state index < -0.39 is 0 Å². The highest BCUT2D eigenvalue weighted by atomic mass is 15.3. The summed E-state index contributed by atoms with van der Waals surface area (Å²) in [4.78, 5) is 8.32. The fraction of sp³-hybridized carbons (Fsp3) is 0.364. The molecule has 0 saturated carbocycles. The van der Waals surface area contributed by atoms with Crippen molar-refractivity contribution >= 4 is 5.82 Å². The molecular formula is C11H15N5. The first kappa shape index (κ1) is 10.6.